The highest BCUT2D eigenvalue weighted by Crippen LogP contribution is 2.22. The molecular formula is C15H26N4O. The summed E-state index contributed by atoms with van der Waals surface area (Å²) >= 11 is 0. The van der Waals surface area contributed by atoms with Crippen molar-refractivity contribution in [3.05, 3.63) is 18.2 Å². The van der Waals surface area contributed by atoms with Gasteiger partial charge in [0, 0.05) is 25.7 Å². The van der Waals surface area contributed by atoms with E-state index in [1.54, 1.807) is 0 Å². The number of likely N-dealkylation sites (tertiary alicyclic amines) is 1. The third kappa shape index (κ3) is 3.22. The van der Waals surface area contributed by atoms with Gasteiger partial charge in [-0.1, -0.05) is 6.42 Å². The fourth-order valence-electron chi connectivity index (χ4n) is 3.29. The van der Waals surface area contributed by atoms with Gasteiger partial charge in [0.1, 0.15) is 6.10 Å². The van der Waals surface area contributed by atoms with Crippen molar-refractivity contribution in [2.24, 2.45) is 0 Å². The minimum Gasteiger partial charge on any atom is -0.369 e. The zero-order valence-electron chi connectivity index (χ0n) is 12.4. The summed E-state index contributed by atoms with van der Waals surface area (Å²) in [5, 5.41) is 3.39. The second kappa shape index (κ2) is 6.70. The summed E-state index contributed by atoms with van der Waals surface area (Å²) in [6.07, 6.45) is 8.16. The van der Waals surface area contributed by atoms with Crippen LogP contribution in [0.1, 0.15) is 44.0 Å². The van der Waals surface area contributed by atoms with Crippen LogP contribution in [-0.4, -0.2) is 53.8 Å². The van der Waals surface area contributed by atoms with Crippen LogP contribution in [0.4, 0.5) is 0 Å². The molecule has 5 heteroatoms. The standard InChI is InChI=1S/C15H26N4O/c1-13(11-18-6-3-2-4-7-18)19-12-17-9-14(19)15-10-16-5-8-20-15/h9,12-13,15-16H,2-8,10-11H2,1H3. The van der Waals surface area contributed by atoms with Gasteiger partial charge in [0.15, 0.2) is 0 Å². The lowest BCUT2D eigenvalue weighted by molar-refractivity contribution is 0.0216. The monoisotopic (exact) mass is 278 g/mol. The van der Waals surface area contributed by atoms with Gasteiger partial charge in [-0.25, -0.2) is 4.98 Å². The average Bonchev–Trinajstić information content (AvgIpc) is 2.99. The number of ether oxygens (including phenoxy) is 1. The molecule has 0 spiro atoms. The number of aromatic nitrogens is 2. The highest BCUT2D eigenvalue weighted by molar-refractivity contribution is 5.06. The van der Waals surface area contributed by atoms with Crippen molar-refractivity contribution in [1.29, 1.82) is 0 Å². The van der Waals surface area contributed by atoms with Gasteiger partial charge in [-0.2, -0.15) is 0 Å². The normalized spacial score (nSPS) is 26.6. The molecule has 112 valence electrons. The van der Waals surface area contributed by atoms with E-state index in [0.29, 0.717) is 6.04 Å². The lowest BCUT2D eigenvalue weighted by atomic mass is 10.1. The molecule has 1 aromatic rings. The first kappa shape index (κ1) is 14.0. The van der Waals surface area contributed by atoms with Crippen LogP contribution in [0.2, 0.25) is 0 Å². The van der Waals surface area contributed by atoms with E-state index in [-0.39, 0.29) is 6.10 Å². The number of nitrogens with one attached hydrogen (secondary N) is 1. The van der Waals surface area contributed by atoms with E-state index >= 15 is 0 Å². The number of rotatable bonds is 4. The maximum absolute atomic E-state index is 5.87. The van der Waals surface area contributed by atoms with Crippen LogP contribution < -0.4 is 5.32 Å². The first-order chi connectivity index (χ1) is 9.84. The quantitative estimate of drug-likeness (QED) is 0.908. The van der Waals surface area contributed by atoms with E-state index in [1.165, 1.54) is 38.0 Å². The molecule has 2 unspecified atom stereocenters. The zero-order valence-corrected chi connectivity index (χ0v) is 12.4. The van der Waals surface area contributed by atoms with Crippen LogP contribution in [0.15, 0.2) is 12.5 Å². The summed E-state index contributed by atoms with van der Waals surface area (Å²) in [5.74, 6) is 0. The number of imidazole rings is 1. The smallest absolute Gasteiger partial charge is 0.111 e. The van der Waals surface area contributed by atoms with Crippen LogP contribution >= 0.6 is 0 Å². The fourth-order valence-corrected chi connectivity index (χ4v) is 3.29. The topological polar surface area (TPSA) is 42.3 Å². The third-order valence-corrected chi connectivity index (χ3v) is 4.40. The SMILES string of the molecule is CC(CN1CCCCC1)n1cncc1C1CNCCO1. The molecule has 3 heterocycles. The second-order valence-electron chi connectivity index (χ2n) is 6.00. The van der Waals surface area contributed by atoms with E-state index in [4.69, 9.17) is 4.74 Å². The average molecular weight is 278 g/mol. The van der Waals surface area contributed by atoms with Crippen molar-refractivity contribution >= 4 is 0 Å². The molecule has 1 aromatic heterocycles. The Morgan fingerprint density at radius 2 is 2.25 bits per heavy atom. The molecule has 2 aliphatic rings. The lowest BCUT2D eigenvalue weighted by Gasteiger charge is -2.31. The maximum atomic E-state index is 5.87. The number of hydrogen-bond acceptors (Lipinski definition) is 4. The number of hydrogen-bond donors (Lipinski definition) is 1. The summed E-state index contributed by atoms with van der Waals surface area (Å²) in [4.78, 5) is 6.93. The molecule has 1 N–H and O–H groups in total. The Morgan fingerprint density at radius 3 is 3.00 bits per heavy atom. The van der Waals surface area contributed by atoms with Crippen molar-refractivity contribution in [3.63, 3.8) is 0 Å². The molecule has 2 saturated heterocycles. The predicted molar refractivity (Wildman–Crippen MR) is 78.8 cm³/mol. The van der Waals surface area contributed by atoms with E-state index < -0.39 is 0 Å². The molecular weight excluding hydrogens is 252 g/mol. The molecule has 0 aromatic carbocycles. The Hall–Kier alpha value is -0.910. The van der Waals surface area contributed by atoms with Gasteiger partial charge >= 0.3 is 0 Å². The summed E-state index contributed by atoms with van der Waals surface area (Å²) in [7, 11) is 0. The van der Waals surface area contributed by atoms with E-state index in [9.17, 15) is 0 Å². The Labute approximate surface area is 121 Å². The largest absolute Gasteiger partial charge is 0.369 e. The molecule has 0 aliphatic carbocycles. The van der Waals surface area contributed by atoms with Crippen LogP contribution in [-0.2, 0) is 4.74 Å². The summed E-state index contributed by atoms with van der Waals surface area (Å²) in [5.41, 5.74) is 1.21. The Bertz CT molecular complexity index is 408. The van der Waals surface area contributed by atoms with E-state index in [0.717, 1.165) is 26.2 Å². The molecule has 0 radical (unpaired) electrons. The van der Waals surface area contributed by atoms with Gasteiger partial charge in [0.25, 0.3) is 0 Å². The molecule has 0 saturated carbocycles. The van der Waals surface area contributed by atoms with Crippen molar-refractivity contribution in [1.82, 2.24) is 19.8 Å². The lowest BCUT2D eigenvalue weighted by Crippen LogP contribution is -2.37. The minimum atomic E-state index is 0.148. The third-order valence-electron chi connectivity index (χ3n) is 4.40. The van der Waals surface area contributed by atoms with Crippen molar-refractivity contribution in [2.75, 3.05) is 39.3 Å². The summed E-state index contributed by atoms with van der Waals surface area (Å²) in [6, 6.07) is 0.455. The van der Waals surface area contributed by atoms with Crippen LogP contribution in [0.5, 0.6) is 0 Å². The molecule has 5 nitrogen and oxygen atoms in total. The van der Waals surface area contributed by atoms with Crippen LogP contribution in [0.25, 0.3) is 0 Å². The molecule has 3 rings (SSSR count). The van der Waals surface area contributed by atoms with E-state index in [1.807, 2.05) is 12.5 Å². The number of morpholine rings is 1. The Morgan fingerprint density at radius 1 is 1.40 bits per heavy atom. The van der Waals surface area contributed by atoms with Gasteiger partial charge in [-0.15, -0.1) is 0 Å². The van der Waals surface area contributed by atoms with Crippen LogP contribution in [0, 0.1) is 0 Å². The number of piperidine rings is 1. The van der Waals surface area contributed by atoms with Crippen molar-refractivity contribution < 1.29 is 4.74 Å². The highest BCUT2D eigenvalue weighted by atomic mass is 16.5. The van der Waals surface area contributed by atoms with Gasteiger partial charge < -0.3 is 19.5 Å². The second-order valence-corrected chi connectivity index (χ2v) is 6.00. The van der Waals surface area contributed by atoms with Crippen LogP contribution in [0.3, 0.4) is 0 Å². The van der Waals surface area contributed by atoms with Gasteiger partial charge in [0.2, 0.25) is 0 Å². The Kier molecular flexibility index (Phi) is 4.70. The summed E-state index contributed by atoms with van der Waals surface area (Å²) < 4.78 is 8.16. The molecule has 2 atom stereocenters. The van der Waals surface area contributed by atoms with Crippen molar-refractivity contribution in [3.8, 4) is 0 Å². The van der Waals surface area contributed by atoms with E-state index in [2.05, 4.69) is 26.7 Å². The molecule has 2 aliphatic heterocycles. The first-order valence-corrected chi connectivity index (χ1v) is 7.91. The van der Waals surface area contributed by atoms with Gasteiger partial charge in [0.05, 0.1) is 24.8 Å². The number of nitrogens with zero attached hydrogens (tertiary/aromatic N) is 3. The summed E-state index contributed by atoms with van der Waals surface area (Å²) in [6.45, 7) is 8.53. The first-order valence-electron chi connectivity index (χ1n) is 7.91. The Balaban J connectivity index is 1.64. The fraction of sp³-hybridized carbons (Fsp3) is 0.800. The molecule has 2 fully saturated rings. The van der Waals surface area contributed by atoms with Gasteiger partial charge in [-0.3, -0.25) is 0 Å². The molecule has 0 amide bonds. The molecule has 0 bridgehead atoms. The van der Waals surface area contributed by atoms with Crippen molar-refractivity contribution in [2.45, 2.75) is 38.3 Å². The minimum absolute atomic E-state index is 0.148. The maximum Gasteiger partial charge on any atom is 0.111 e. The predicted octanol–water partition coefficient (Wildman–Crippen LogP) is 1.59. The highest BCUT2D eigenvalue weighted by Gasteiger charge is 2.22. The van der Waals surface area contributed by atoms with Gasteiger partial charge in [-0.05, 0) is 32.9 Å². The molecule has 20 heavy (non-hydrogen) atoms. The zero-order chi connectivity index (χ0) is 13.8.